The van der Waals surface area contributed by atoms with Crippen LogP contribution in [0.5, 0.6) is 0 Å². The fourth-order valence-corrected chi connectivity index (χ4v) is 1.18. The summed E-state index contributed by atoms with van der Waals surface area (Å²) in [5, 5.41) is 0.0648. The van der Waals surface area contributed by atoms with E-state index in [2.05, 4.69) is 13.8 Å². The first-order chi connectivity index (χ1) is 6.52. The number of rotatable bonds is 2. The van der Waals surface area contributed by atoms with Crippen LogP contribution in [0.2, 0.25) is 0 Å². The van der Waals surface area contributed by atoms with Crippen LogP contribution in [0.15, 0.2) is 30.3 Å². The van der Waals surface area contributed by atoms with Gasteiger partial charge in [-0.15, -0.1) is 0 Å². The van der Waals surface area contributed by atoms with Gasteiger partial charge in [0, 0.05) is 0 Å². The maximum absolute atomic E-state index is 10.5. The van der Waals surface area contributed by atoms with Gasteiger partial charge in [0.15, 0.2) is 0 Å². The molecule has 1 aromatic carbocycles. The molecule has 2 N–H and O–H groups in total. The Hall–Kier alpha value is -0.630. The van der Waals surface area contributed by atoms with Crippen molar-refractivity contribution in [2.45, 2.75) is 26.7 Å². The normalized spacial score (nSPS) is 10.3. The van der Waals surface area contributed by atoms with Crippen molar-refractivity contribution in [1.29, 1.82) is 0 Å². The minimum absolute atomic E-state index is 0.0648. The summed E-state index contributed by atoms with van der Waals surface area (Å²) in [6.07, 6.45) is 2.64. The van der Waals surface area contributed by atoms with Crippen molar-refractivity contribution in [2.75, 3.05) is 0 Å². The highest BCUT2D eigenvalue weighted by molar-refractivity contribution is 7.60. The minimum Gasteiger partial charge on any atom is -0.321 e. The molecule has 0 aliphatic rings. The van der Waals surface area contributed by atoms with Crippen LogP contribution < -0.4 is 5.30 Å². The molecule has 1 rings (SSSR count). The molecule has 4 heteroatoms. The zero-order chi connectivity index (χ0) is 11.0. The van der Waals surface area contributed by atoms with Crippen LogP contribution >= 0.6 is 7.60 Å². The van der Waals surface area contributed by atoms with E-state index in [1.165, 1.54) is 25.0 Å². The molecule has 0 fully saturated rings. The summed E-state index contributed by atoms with van der Waals surface area (Å²) >= 11 is 0. The second kappa shape index (κ2) is 6.77. The van der Waals surface area contributed by atoms with Gasteiger partial charge in [0.1, 0.15) is 0 Å². The lowest BCUT2D eigenvalue weighted by molar-refractivity contribution is 0.387. The van der Waals surface area contributed by atoms with E-state index in [9.17, 15) is 4.57 Å². The molecule has 0 atom stereocenters. The van der Waals surface area contributed by atoms with Crippen LogP contribution in [0.3, 0.4) is 0 Å². The first kappa shape index (κ1) is 13.4. The maximum Gasteiger partial charge on any atom is 0.356 e. The summed E-state index contributed by atoms with van der Waals surface area (Å²) in [6.45, 7) is 4.36. The molecule has 1 aromatic rings. The van der Waals surface area contributed by atoms with Crippen LogP contribution in [0, 0.1) is 0 Å². The summed E-state index contributed by atoms with van der Waals surface area (Å²) in [6, 6.07) is 7.70. The Morgan fingerprint density at radius 2 is 1.50 bits per heavy atom. The van der Waals surface area contributed by atoms with Crippen LogP contribution in [0.1, 0.15) is 26.7 Å². The van der Waals surface area contributed by atoms with Gasteiger partial charge in [-0.2, -0.15) is 0 Å². The second-order valence-electron chi connectivity index (χ2n) is 2.88. The predicted octanol–water partition coefficient (Wildman–Crippen LogP) is 2.30. The van der Waals surface area contributed by atoms with Gasteiger partial charge in [-0.05, 0) is 12.1 Å². The third-order valence-corrected chi connectivity index (χ3v) is 2.56. The lowest BCUT2D eigenvalue weighted by Gasteiger charge is -2.00. The average Bonchev–Trinajstić information content (AvgIpc) is 2.18. The highest BCUT2D eigenvalue weighted by Crippen LogP contribution is 2.32. The molecule has 80 valence electrons. The molecule has 0 aromatic heterocycles. The SMILES string of the molecule is CCCC.O=P(O)(O)c1ccccc1. The van der Waals surface area contributed by atoms with E-state index >= 15 is 0 Å². The fourth-order valence-electron chi connectivity index (χ4n) is 0.622. The Balaban J connectivity index is 0.000000364. The summed E-state index contributed by atoms with van der Waals surface area (Å²) in [5.74, 6) is 0. The molecule has 0 saturated carbocycles. The second-order valence-corrected chi connectivity index (χ2v) is 4.48. The summed E-state index contributed by atoms with van der Waals surface area (Å²) in [4.78, 5) is 17.2. The van der Waals surface area contributed by atoms with Crippen molar-refractivity contribution in [3.8, 4) is 0 Å². The molecule has 0 heterocycles. The van der Waals surface area contributed by atoms with E-state index in [1.54, 1.807) is 18.2 Å². The average molecular weight is 216 g/mol. The van der Waals surface area contributed by atoms with Crippen molar-refractivity contribution < 1.29 is 14.4 Å². The van der Waals surface area contributed by atoms with E-state index in [0.717, 1.165) is 0 Å². The van der Waals surface area contributed by atoms with E-state index in [4.69, 9.17) is 9.79 Å². The van der Waals surface area contributed by atoms with E-state index in [-0.39, 0.29) is 5.30 Å². The van der Waals surface area contributed by atoms with Crippen LogP contribution in [-0.2, 0) is 4.57 Å². The Labute approximate surface area is 84.9 Å². The molecule has 0 unspecified atom stereocenters. The molecule has 0 amide bonds. The summed E-state index contributed by atoms with van der Waals surface area (Å²) in [7, 11) is -4.02. The predicted molar refractivity (Wildman–Crippen MR) is 58.7 cm³/mol. The first-order valence-corrected chi connectivity index (χ1v) is 6.24. The quantitative estimate of drug-likeness (QED) is 0.746. The molecule has 14 heavy (non-hydrogen) atoms. The van der Waals surface area contributed by atoms with Crippen molar-refractivity contribution in [1.82, 2.24) is 0 Å². The highest BCUT2D eigenvalue weighted by Gasteiger charge is 2.14. The van der Waals surface area contributed by atoms with Crippen molar-refractivity contribution in [3.05, 3.63) is 30.3 Å². The summed E-state index contributed by atoms with van der Waals surface area (Å²) in [5.41, 5.74) is 0. The molecule has 3 nitrogen and oxygen atoms in total. The van der Waals surface area contributed by atoms with Crippen molar-refractivity contribution >= 4 is 12.9 Å². The number of benzene rings is 1. The van der Waals surface area contributed by atoms with Gasteiger partial charge in [0.2, 0.25) is 0 Å². The molecule has 0 saturated heterocycles. The summed E-state index contributed by atoms with van der Waals surface area (Å²) < 4.78 is 10.5. The number of hydrogen-bond acceptors (Lipinski definition) is 1. The molecule has 0 aliphatic heterocycles. The third-order valence-electron chi connectivity index (χ3n) is 1.59. The van der Waals surface area contributed by atoms with E-state index in [1.807, 2.05) is 0 Å². The first-order valence-electron chi connectivity index (χ1n) is 4.63. The van der Waals surface area contributed by atoms with Gasteiger partial charge in [0.05, 0.1) is 5.30 Å². The maximum atomic E-state index is 10.5. The Kier molecular flexibility index (Phi) is 6.46. The van der Waals surface area contributed by atoms with Gasteiger partial charge in [0.25, 0.3) is 0 Å². The Bertz CT molecular complexity index is 277. The Morgan fingerprint density at radius 1 is 1.07 bits per heavy atom. The standard InChI is InChI=1S/C6H7O3P.C4H10/c7-10(8,9)6-4-2-1-3-5-6;1-3-4-2/h1-5H,(H2,7,8,9);3-4H2,1-2H3. The topological polar surface area (TPSA) is 57.5 Å². The molecule has 0 spiro atoms. The van der Waals surface area contributed by atoms with Crippen molar-refractivity contribution in [2.24, 2.45) is 0 Å². The molecular weight excluding hydrogens is 199 g/mol. The van der Waals surface area contributed by atoms with Gasteiger partial charge in [-0.1, -0.05) is 44.9 Å². The molecular formula is C10H17O3P. The number of hydrogen-bond donors (Lipinski definition) is 2. The zero-order valence-electron chi connectivity index (χ0n) is 8.55. The van der Waals surface area contributed by atoms with Crippen LogP contribution in [0.25, 0.3) is 0 Å². The van der Waals surface area contributed by atoms with Gasteiger partial charge >= 0.3 is 7.60 Å². The number of unbranched alkanes of at least 4 members (excludes halogenated alkanes) is 1. The Morgan fingerprint density at radius 3 is 1.71 bits per heavy atom. The monoisotopic (exact) mass is 216 g/mol. The van der Waals surface area contributed by atoms with E-state index in [0.29, 0.717) is 0 Å². The lowest BCUT2D eigenvalue weighted by Crippen LogP contribution is -2.01. The van der Waals surface area contributed by atoms with Gasteiger partial charge in [-0.25, -0.2) is 0 Å². The van der Waals surface area contributed by atoms with Gasteiger partial charge in [-0.3, -0.25) is 4.57 Å². The molecule has 0 aliphatic carbocycles. The largest absolute Gasteiger partial charge is 0.356 e. The van der Waals surface area contributed by atoms with Gasteiger partial charge < -0.3 is 9.79 Å². The fraction of sp³-hybridized carbons (Fsp3) is 0.400. The zero-order valence-corrected chi connectivity index (χ0v) is 9.45. The minimum atomic E-state index is -4.02. The van der Waals surface area contributed by atoms with Crippen LogP contribution in [0.4, 0.5) is 0 Å². The highest BCUT2D eigenvalue weighted by atomic mass is 31.2. The van der Waals surface area contributed by atoms with Crippen LogP contribution in [-0.4, -0.2) is 9.79 Å². The van der Waals surface area contributed by atoms with Crippen molar-refractivity contribution in [3.63, 3.8) is 0 Å². The third kappa shape index (κ3) is 5.92. The molecule has 0 radical (unpaired) electrons. The smallest absolute Gasteiger partial charge is 0.321 e. The lowest BCUT2D eigenvalue weighted by atomic mass is 10.4. The van der Waals surface area contributed by atoms with E-state index < -0.39 is 7.60 Å². The molecule has 0 bridgehead atoms.